The van der Waals surface area contributed by atoms with Crippen molar-refractivity contribution in [2.75, 3.05) is 13.6 Å². The van der Waals surface area contributed by atoms with Crippen LogP contribution in [0.5, 0.6) is 5.75 Å². The molecule has 2 atom stereocenters. The van der Waals surface area contributed by atoms with Crippen LogP contribution in [0.25, 0.3) is 0 Å². The normalized spacial score (nSPS) is 19.3. The van der Waals surface area contributed by atoms with Crippen molar-refractivity contribution < 1.29 is 13.2 Å². The van der Waals surface area contributed by atoms with Crippen LogP contribution in [0.1, 0.15) is 32.8 Å². The molecular formula is C16H26N2O3S. The average Bonchev–Trinajstić information content (AvgIpc) is 2.82. The Morgan fingerprint density at radius 3 is 2.73 bits per heavy atom. The van der Waals surface area contributed by atoms with Crippen LogP contribution in [0, 0.1) is 5.92 Å². The monoisotopic (exact) mass is 326 g/mol. The van der Waals surface area contributed by atoms with E-state index in [1.54, 1.807) is 25.2 Å². The Morgan fingerprint density at radius 1 is 1.41 bits per heavy atom. The van der Waals surface area contributed by atoms with E-state index < -0.39 is 10.0 Å². The number of rotatable bonds is 6. The topological polar surface area (TPSA) is 72.6 Å². The summed E-state index contributed by atoms with van der Waals surface area (Å²) >= 11 is 0. The van der Waals surface area contributed by atoms with Gasteiger partial charge in [0.25, 0.3) is 0 Å². The molecule has 0 aliphatic carbocycles. The molecule has 1 aliphatic rings. The van der Waals surface area contributed by atoms with Gasteiger partial charge in [0.1, 0.15) is 11.9 Å². The molecule has 1 aliphatic heterocycles. The molecule has 0 saturated heterocycles. The predicted octanol–water partition coefficient (Wildman–Crippen LogP) is 2.00. The maximum absolute atomic E-state index is 12.6. The molecule has 0 aromatic heterocycles. The van der Waals surface area contributed by atoms with Crippen molar-refractivity contribution in [3.63, 3.8) is 0 Å². The van der Waals surface area contributed by atoms with E-state index in [2.05, 4.69) is 0 Å². The van der Waals surface area contributed by atoms with Gasteiger partial charge in [-0.3, -0.25) is 0 Å². The SMILES string of the molecule is CC1Cc2cc(S(=O)(=O)N(C)CCC(N)C(C)C)ccc2O1. The van der Waals surface area contributed by atoms with Crippen molar-refractivity contribution in [3.05, 3.63) is 23.8 Å². The second-order valence-corrected chi connectivity index (χ2v) is 8.47. The molecule has 0 fully saturated rings. The van der Waals surface area contributed by atoms with Crippen LogP contribution in [0.4, 0.5) is 0 Å². The van der Waals surface area contributed by atoms with E-state index in [9.17, 15) is 8.42 Å². The molecular weight excluding hydrogens is 300 g/mol. The lowest BCUT2D eigenvalue weighted by atomic mass is 10.0. The van der Waals surface area contributed by atoms with Gasteiger partial charge in [-0.1, -0.05) is 13.8 Å². The van der Waals surface area contributed by atoms with Crippen LogP contribution >= 0.6 is 0 Å². The smallest absolute Gasteiger partial charge is 0.242 e. The number of hydrogen-bond donors (Lipinski definition) is 1. The van der Waals surface area contributed by atoms with Gasteiger partial charge in [0.15, 0.2) is 0 Å². The third kappa shape index (κ3) is 3.62. The molecule has 1 aromatic rings. The lowest BCUT2D eigenvalue weighted by Crippen LogP contribution is -2.34. The van der Waals surface area contributed by atoms with Gasteiger partial charge in [-0.05, 0) is 43.0 Å². The minimum atomic E-state index is -3.48. The molecule has 5 nitrogen and oxygen atoms in total. The predicted molar refractivity (Wildman–Crippen MR) is 87.5 cm³/mol. The van der Waals surface area contributed by atoms with Crippen molar-refractivity contribution in [2.24, 2.45) is 11.7 Å². The minimum absolute atomic E-state index is 0.00641. The van der Waals surface area contributed by atoms with Gasteiger partial charge >= 0.3 is 0 Å². The second-order valence-electron chi connectivity index (χ2n) is 6.43. The first-order chi connectivity index (χ1) is 10.2. The number of benzene rings is 1. The molecule has 0 radical (unpaired) electrons. The lowest BCUT2D eigenvalue weighted by Gasteiger charge is -2.21. The van der Waals surface area contributed by atoms with Crippen LogP contribution in [-0.4, -0.2) is 38.5 Å². The van der Waals surface area contributed by atoms with Crippen molar-refractivity contribution in [3.8, 4) is 5.75 Å². The van der Waals surface area contributed by atoms with Crippen LogP contribution in [0.3, 0.4) is 0 Å². The Labute approximate surface area is 133 Å². The third-order valence-corrected chi connectivity index (χ3v) is 6.06. The summed E-state index contributed by atoms with van der Waals surface area (Å²) in [6.45, 7) is 6.49. The second kappa shape index (κ2) is 6.56. The van der Waals surface area contributed by atoms with Crippen molar-refractivity contribution in [2.45, 2.75) is 50.7 Å². The van der Waals surface area contributed by atoms with Crippen LogP contribution in [0.15, 0.2) is 23.1 Å². The molecule has 2 unspecified atom stereocenters. The number of nitrogens with two attached hydrogens (primary N) is 1. The fourth-order valence-electron chi connectivity index (χ4n) is 2.52. The quantitative estimate of drug-likeness (QED) is 0.868. The van der Waals surface area contributed by atoms with E-state index in [1.807, 2.05) is 20.8 Å². The van der Waals surface area contributed by atoms with Gasteiger partial charge in [0, 0.05) is 26.1 Å². The zero-order valence-electron chi connectivity index (χ0n) is 13.7. The highest BCUT2D eigenvalue weighted by molar-refractivity contribution is 7.89. The first kappa shape index (κ1) is 17.2. The number of fused-ring (bicyclic) bond motifs is 1. The molecule has 1 aromatic carbocycles. The summed E-state index contributed by atoms with van der Waals surface area (Å²) in [5, 5.41) is 0. The Bertz CT molecular complexity index is 628. The largest absolute Gasteiger partial charge is 0.490 e. The van der Waals surface area contributed by atoms with Crippen LogP contribution in [-0.2, 0) is 16.4 Å². The van der Waals surface area contributed by atoms with E-state index >= 15 is 0 Å². The molecule has 0 saturated carbocycles. The Hall–Kier alpha value is -1.11. The highest BCUT2D eigenvalue weighted by Crippen LogP contribution is 2.31. The van der Waals surface area contributed by atoms with E-state index in [4.69, 9.17) is 10.5 Å². The lowest BCUT2D eigenvalue weighted by molar-refractivity contribution is 0.254. The number of nitrogens with zero attached hydrogens (tertiary/aromatic N) is 1. The molecule has 2 rings (SSSR count). The molecule has 124 valence electrons. The van der Waals surface area contributed by atoms with Crippen LogP contribution < -0.4 is 10.5 Å². The first-order valence-electron chi connectivity index (χ1n) is 7.73. The molecule has 0 spiro atoms. The molecule has 22 heavy (non-hydrogen) atoms. The van der Waals surface area contributed by atoms with Gasteiger partial charge in [-0.2, -0.15) is 0 Å². The molecule has 6 heteroatoms. The highest BCUT2D eigenvalue weighted by atomic mass is 32.2. The molecule has 0 amide bonds. The zero-order chi connectivity index (χ0) is 16.5. The van der Waals surface area contributed by atoms with Crippen LogP contribution in [0.2, 0.25) is 0 Å². The maximum atomic E-state index is 12.6. The van der Waals surface area contributed by atoms with E-state index in [1.165, 1.54) is 4.31 Å². The summed E-state index contributed by atoms with van der Waals surface area (Å²) in [7, 11) is -1.87. The molecule has 0 bridgehead atoms. The summed E-state index contributed by atoms with van der Waals surface area (Å²) in [5.74, 6) is 1.13. The Kier molecular flexibility index (Phi) is 5.14. The Morgan fingerprint density at radius 2 is 2.09 bits per heavy atom. The van der Waals surface area contributed by atoms with E-state index in [0.29, 0.717) is 23.8 Å². The summed E-state index contributed by atoms with van der Waals surface area (Å²) in [6, 6.07) is 5.10. The summed E-state index contributed by atoms with van der Waals surface area (Å²) in [5.41, 5.74) is 6.96. The van der Waals surface area contributed by atoms with Crippen molar-refractivity contribution >= 4 is 10.0 Å². The third-order valence-electron chi connectivity index (χ3n) is 4.21. The molecule has 1 heterocycles. The zero-order valence-corrected chi connectivity index (χ0v) is 14.6. The maximum Gasteiger partial charge on any atom is 0.242 e. The fourth-order valence-corrected chi connectivity index (χ4v) is 3.76. The van der Waals surface area contributed by atoms with Crippen molar-refractivity contribution in [1.29, 1.82) is 0 Å². The van der Waals surface area contributed by atoms with Gasteiger partial charge < -0.3 is 10.5 Å². The first-order valence-corrected chi connectivity index (χ1v) is 9.17. The minimum Gasteiger partial charge on any atom is -0.490 e. The summed E-state index contributed by atoms with van der Waals surface area (Å²) < 4.78 is 32.3. The van der Waals surface area contributed by atoms with Crippen molar-refractivity contribution in [1.82, 2.24) is 4.31 Å². The fraction of sp³-hybridized carbons (Fsp3) is 0.625. The number of sulfonamides is 1. The standard InChI is InChI=1S/C16H26N2O3S/c1-11(2)15(17)7-8-18(4)22(19,20)14-5-6-16-13(10-14)9-12(3)21-16/h5-6,10-12,15H,7-9,17H2,1-4H3. The van der Waals surface area contributed by atoms with E-state index in [-0.39, 0.29) is 12.1 Å². The summed E-state index contributed by atoms with van der Waals surface area (Å²) in [4.78, 5) is 0.324. The highest BCUT2D eigenvalue weighted by Gasteiger charge is 2.25. The number of ether oxygens (including phenoxy) is 1. The van der Waals surface area contributed by atoms with Gasteiger partial charge in [0.2, 0.25) is 10.0 Å². The molecule has 2 N–H and O–H groups in total. The van der Waals surface area contributed by atoms with Gasteiger partial charge in [-0.25, -0.2) is 12.7 Å². The van der Waals surface area contributed by atoms with Gasteiger partial charge in [0.05, 0.1) is 4.90 Å². The Balaban J connectivity index is 2.12. The van der Waals surface area contributed by atoms with Gasteiger partial charge in [-0.15, -0.1) is 0 Å². The number of hydrogen-bond acceptors (Lipinski definition) is 4. The summed E-state index contributed by atoms with van der Waals surface area (Å²) in [6.07, 6.45) is 1.51. The van der Waals surface area contributed by atoms with E-state index in [0.717, 1.165) is 17.7 Å². The average molecular weight is 326 g/mol.